The number of nitrogens with zero attached hydrogens (tertiary/aromatic N) is 2. The van der Waals surface area contributed by atoms with Crippen LogP contribution in [0, 0.1) is 5.82 Å². The van der Waals surface area contributed by atoms with Crippen LogP contribution in [0.4, 0.5) is 4.39 Å². The van der Waals surface area contributed by atoms with Gasteiger partial charge in [0, 0.05) is 31.6 Å². The van der Waals surface area contributed by atoms with E-state index in [2.05, 4.69) is 0 Å². The summed E-state index contributed by atoms with van der Waals surface area (Å²) in [6, 6.07) is 6.13. The van der Waals surface area contributed by atoms with Crippen molar-refractivity contribution in [2.75, 3.05) is 13.1 Å². The highest BCUT2D eigenvalue weighted by molar-refractivity contribution is 5.90. The van der Waals surface area contributed by atoms with Crippen LogP contribution in [0.3, 0.4) is 0 Å². The molecule has 4 nitrogen and oxygen atoms in total. The van der Waals surface area contributed by atoms with E-state index in [4.69, 9.17) is 0 Å². The maximum atomic E-state index is 13.7. The maximum absolute atomic E-state index is 13.7. The van der Waals surface area contributed by atoms with Crippen molar-refractivity contribution < 1.29 is 14.0 Å². The van der Waals surface area contributed by atoms with Crippen LogP contribution in [0.25, 0.3) is 0 Å². The summed E-state index contributed by atoms with van der Waals surface area (Å²) in [4.78, 5) is 27.8. The third kappa shape index (κ3) is 2.28. The molecule has 1 aromatic rings. The summed E-state index contributed by atoms with van der Waals surface area (Å²) in [5.41, 5.74) is 0.500. The molecule has 0 N–H and O–H groups in total. The van der Waals surface area contributed by atoms with Gasteiger partial charge in [-0.05, 0) is 18.9 Å². The van der Waals surface area contributed by atoms with Crippen LogP contribution in [0.15, 0.2) is 24.3 Å². The minimum Gasteiger partial charge on any atom is -0.336 e. The second-order valence-electron chi connectivity index (χ2n) is 5.35. The second-order valence-corrected chi connectivity index (χ2v) is 5.35. The van der Waals surface area contributed by atoms with Crippen molar-refractivity contribution in [3.63, 3.8) is 0 Å². The lowest BCUT2D eigenvalue weighted by molar-refractivity contribution is -0.139. The maximum Gasteiger partial charge on any atom is 0.245 e. The van der Waals surface area contributed by atoms with Gasteiger partial charge in [0.15, 0.2) is 0 Å². The van der Waals surface area contributed by atoms with E-state index < -0.39 is 0 Å². The van der Waals surface area contributed by atoms with Gasteiger partial charge in [0.1, 0.15) is 11.9 Å². The molecule has 2 aliphatic rings. The normalized spacial score (nSPS) is 22.9. The number of hydrogen-bond donors (Lipinski definition) is 0. The predicted molar refractivity (Wildman–Crippen MR) is 71.2 cm³/mol. The minimum absolute atomic E-state index is 0.0388. The molecule has 0 radical (unpaired) electrons. The number of fused-ring (bicyclic) bond motifs is 1. The zero-order valence-electron chi connectivity index (χ0n) is 11.2. The molecule has 5 heteroatoms. The predicted octanol–water partition coefficient (Wildman–Crippen LogP) is 1.55. The van der Waals surface area contributed by atoms with E-state index in [1.807, 2.05) is 0 Å². The smallest absolute Gasteiger partial charge is 0.245 e. The third-order valence-electron chi connectivity index (χ3n) is 4.08. The summed E-state index contributed by atoms with van der Waals surface area (Å²) in [6.45, 7) is 1.28. The number of carbonyl (C=O) groups excluding carboxylic acids is 2. The molecule has 0 aromatic heterocycles. The van der Waals surface area contributed by atoms with Gasteiger partial charge in [0.2, 0.25) is 11.8 Å². The monoisotopic (exact) mass is 276 g/mol. The molecule has 20 heavy (non-hydrogen) atoms. The SMILES string of the molecule is O=C1C2CCCN2C(=O)CCN1Cc1ccccc1F. The van der Waals surface area contributed by atoms with Crippen LogP contribution < -0.4 is 0 Å². The Balaban J connectivity index is 1.81. The van der Waals surface area contributed by atoms with Crippen LogP contribution in [0.1, 0.15) is 24.8 Å². The summed E-state index contributed by atoms with van der Waals surface area (Å²) in [5.74, 6) is -0.312. The van der Waals surface area contributed by atoms with E-state index in [-0.39, 0.29) is 30.2 Å². The number of carbonyl (C=O) groups is 2. The van der Waals surface area contributed by atoms with Crippen molar-refractivity contribution in [1.29, 1.82) is 0 Å². The zero-order chi connectivity index (χ0) is 14.1. The van der Waals surface area contributed by atoms with E-state index in [1.54, 1.807) is 28.0 Å². The second kappa shape index (κ2) is 5.23. The highest BCUT2D eigenvalue weighted by atomic mass is 19.1. The molecule has 2 aliphatic heterocycles. The molecular formula is C15H17FN2O2. The first-order valence-corrected chi connectivity index (χ1v) is 6.98. The number of rotatable bonds is 2. The van der Waals surface area contributed by atoms with Crippen molar-refractivity contribution in [2.24, 2.45) is 0 Å². The minimum atomic E-state index is -0.336. The van der Waals surface area contributed by atoms with Crippen molar-refractivity contribution in [1.82, 2.24) is 9.80 Å². The average molecular weight is 276 g/mol. The van der Waals surface area contributed by atoms with E-state index in [9.17, 15) is 14.0 Å². The van der Waals surface area contributed by atoms with Crippen molar-refractivity contribution in [2.45, 2.75) is 31.8 Å². The van der Waals surface area contributed by atoms with Crippen LogP contribution in [0.5, 0.6) is 0 Å². The molecule has 1 aromatic carbocycles. The molecule has 2 saturated heterocycles. The molecule has 0 aliphatic carbocycles. The van der Waals surface area contributed by atoms with Gasteiger partial charge in [-0.2, -0.15) is 0 Å². The quantitative estimate of drug-likeness (QED) is 0.822. The Morgan fingerprint density at radius 3 is 2.80 bits per heavy atom. The van der Waals surface area contributed by atoms with Gasteiger partial charge >= 0.3 is 0 Å². The number of amides is 2. The van der Waals surface area contributed by atoms with E-state index in [1.165, 1.54) is 6.07 Å². The van der Waals surface area contributed by atoms with Gasteiger partial charge in [0.25, 0.3) is 0 Å². The van der Waals surface area contributed by atoms with Crippen LogP contribution in [0.2, 0.25) is 0 Å². The molecular weight excluding hydrogens is 259 g/mol. The first kappa shape index (κ1) is 13.1. The lowest BCUT2D eigenvalue weighted by Gasteiger charge is -2.25. The first-order valence-electron chi connectivity index (χ1n) is 6.98. The lowest BCUT2D eigenvalue weighted by atomic mass is 10.1. The van der Waals surface area contributed by atoms with Crippen LogP contribution >= 0.6 is 0 Å². The highest BCUT2D eigenvalue weighted by Gasteiger charge is 2.39. The summed E-state index contributed by atoms with van der Waals surface area (Å²) >= 11 is 0. The van der Waals surface area contributed by atoms with Gasteiger partial charge in [-0.1, -0.05) is 18.2 Å². The average Bonchev–Trinajstić information content (AvgIpc) is 2.90. The van der Waals surface area contributed by atoms with Crippen LogP contribution in [-0.2, 0) is 16.1 Å². The summed E-state index contributed by atoms with van der Waals surface area (Å²) < 4.78 is 13.7. The molecule has 0 bridgehead atoms. The molecule has 2 amide bonds. The number of benzene rings is 1. The van der Waals surface area contributed by atoms with Crippen molar-refractivity contribution in [3.8, 4) is 0 Å². The Kier molecular flexibility index (Phi) is 3.42. The van der Waals surface area contributed by atoms with E-state index in [0.29, 0.717) is 25.1 Å². The lowest BCUT2D eigenvalue weighted by Crippen LogP contribution is -2.43. The molecule has 1 atom stereocenters. The fourth-order valence-electron chi connectivity index (χ4n) is 3.01. The Morgan fingerprint density at radius 1 is 1.20 bits per heavy atom. The summed E-state index contributed by atoms with van der Waals surface area (Å²) in [7, 11) is 0. The Hall–Kier alpha value is -1.91. The molecule has 106 valence electrons. The fourth-order valence-corrected chi connectivity index (χ4v) is 3.01. The van der Waals surface area contributed by atoms with Crippen LogP contribution in [-0.4, -0.2) is 40.7 Å². The summed E-state index contributed by atoms with van der Waals surface area (Å²) in [5, 5.41) is 0. The largest absolute Gasteiger partial charge is 0.336 e. The molecule has 2 heterocycles. The standard InChI is InChI=1S/C15H17FN2O2/c16-12-5-2-1-4-11(12)10-17-9-7-14(19)18-8-3-6-13(18)15(17)20/h1-2,4-5,13H,3,6-10H2. The fraction of sp³-hybridized carbons (Fsp3) is 0.467. The number of hydrogen-bond acceptors (Lipinski definition) is 2. The Labute approximate surface area is 117 Å². The van der Waals surface area contributed by atoms with Gasteiger partial charge in [-0.25, -0.2) is 4.39 Å². The Morgan fingerprint density at radius 2 is 2.00 bits per heavy atom. The van der Waals surface area contributed by atoms with Gasteiger partial charge < -0.3 is 9.80 Å². The molecule has 0 saturated carbocycles. The third-order valence-corrected chi connectivity index (χ3v) is 4.08. The molecule has 3 rings (SSSR count). The number of halogens is 1. The van der Waals surface area contributed by atoms with Crippen molar-refractivity contribution in [3.05, 3.63) is 35.6 Å². The topological polar surface area (TPSA) is 40.6 Å². The van der Waals surface area contributed by atoms with Gasteiger partial charge in [-0.15, -0.1) is 0 Å². The molecule has 1 unspecified atom stereocenters. The first-order chi connectivity index (χ1) is 9.66. The molecule has 0 spiro atoms. The van der Waals surface area contributed by atoms with E-state index in [0.717, 1.165) is 12.8 Å². The zero-order valence-corrected chi connectivity index (χ0v) is 11.2. The van der Waals surface area contributed by atoms with Gasteiger partial charge in [0.05, 0.1) is 0 Å². The summed E-state index contributed by atoms with van der Waals surface area (Å²) in [6.07, 6.45) is 1.92. The van der Waals surface area contributed by atoms with Gasteiger partial charge in [-0.3, -0.25) is 9.59 Å². The Bertz CT molecular complexity index is 546. The van der Waals surface area contributed by atoms with E-state index >= 15 is 0 Å². The molecule has 2 fully saturated rings. The van der Waals surface area contributed by atoms with Crippen molar-refractivity contribution >= 4 is 11.8 Å². The highest BCUT2D eigenvalue weighted by Crippen LogP contribution is 2.24.